The smallest absolute Gasteiger partial charge is 0.353 e. The number of hydrogen-bond donors (Lipinski definition) is 3. The Hall–Kier alpha value is -2.34. The lowest BCUT2D eigenvalue weighted by atomic mass is 10.0. The number of fused-ring (bicyclic) bond motifs is 1. The zero-order valence-electron chi connectivity index (χ0n) is 17.1. The monoisotopic (exact) mass is 491 g/mol. The second-order valence-corrected chi connectivity index (χ2v) is 10.8. The van der Waals surface area contributed by atoms with Crippen LogP contribution in [0.25, 0.3) is 0 Å². The van der Waals surface area contributed by atoms with Crippen molar-refractivity contribution < 1.29 is 24.6 Å². The minimum Gasteiger partial charge on any atom is -0.477 e. The minimum atomic E-state index is -1.18. The summed E-state index contributed by atoms with van der Waals surface area (Å²) in [6.45, 7) is 1.87. The van der Waals surface area contributed by atoms with Gasteiger partial charge in [-0.1, -0.05) is 42.1 Å². The van der Waals surface area contributed by atoms with Gasteiger partial charge in [0.05, 0.1) is 12.1 Å². The van der Waals surface area contributed by atoms with Gasteiger partial charge in [0.15, 0.2) is 4.34 Å². The Bertz CT molecular complexity index is 1090. The average Bonchev–Trinajstić information content (AvgIpc) is 3.11. The van der Waals surface area contributed by atoms with Crippen LogP contribution >= 0.6 is 34.9 Å². The van der Waals surface area contributed by atoms with Gasteiger partial charge in [0.2, 0.25) is 5.91 Å². The van der Waals surface area contributed by atoms with Gasteiger partial charge in [-0.3, -0.25) is 14.5 Å². The van der Waals surface area contributed by atoms with Crippen LogP contribution < -0.4 is 5.32 Å². The Labute approximate surface area is 197 Å². The van der Waals surface area contributed by atoms with Crippen molar-refractivity contribution in [3.05, 3.63) is 57.1 Å². The Morgan fingerprint density at radius 3 is 2.75 bits per heavy atom. The fraction of sp³-hybridized carbons (Fsp3) is 0.333. The van der Waals surface area contributed by atoms with Crippen LogP contribution in [0.3, 0.4) is 0 Å². The molecule has 0 spiro atoms. The van der Waals surface area contributed by atoms with Gasteiger partial charge in [-0.2, -0.15) is 0 Å². The minimum absolute atomic E-state index is 0.0212. The number of benzene rings is 1. The summed E-state index contributed by atoms with van der Waals surface area (Å²) in [5.74, 6) is -1.47. The number of thioether (sulfide) groups is 2. The summed E-state index contributed by atoms with van der Waals surface area (Å²) >= 11 is 4.09. The molecule has 1 saturated heterocycles. The van der Waals surface area contributed by atoms with Crippen LogP contribution in [0, 0.1) is 6.92 Å². The first-order chi connectivity index (χ1) is 15.4. The molecule has 0 unspecified atom stereocenters. The predicted octanol–water partition coefficient (Wildman–Crippen LogP) is 2.02. The number of hydrogen-bond acceptors (Lipinski definition) is 8. The topological polar surface area (TPSA) is 120 Å². The van der Waals surface area contributed by atoms with Crippen molar-refractivity contribution in [2.24, 2.45) is 0 Å². The van der Waals surface area contributed by atoms with E-state index in [0.29, 0.717) is 21.4 Å². The highest BCUT2D eigenvalue weighted by molar-refractivity contribution is 8.07. The molecule has 0 saturated carbocycles. The molecule has 3 N–H and O–H groups in total. The summed E-state index contributed by atoms with van der Waals surface area (Å²) in [4.78, 5) is 44.4. The van der Waals surface area contributed by atoms with Crippen molar-refractivity contribution in [1.82, 2.24) is 15.2 Å². The van der Waals surface area contributed by atoms with Crippen molar-refractivity contribution in [2.75, 3.05) is 12.4 Å². The molecule has 2 aliphatic heterocycles. The highest BCUT2D eigenvalue weighted by Gasteiger charge is 2.54. The van der Waals surface area contributed by atoms with Crippen LogP contribution in [0.4, 0.5) is 0 Å². The number of carbonyl (C=O) groups excluding carboxylic acids is 2. The number of carboxylic acid groups (broad SMARTS) is 1. The zero-order chi connectivity index (χ0) is 22.8. The number of aliphatic hydroxyl groups excluding tert-OH is 1. The first-order valence-corrected chi connectivity index (χ1v) is 12.6. The Balaban J connectivity index is 1.48. The second kappa shape index (κ2) is 9.65. The molecule has 8 nitrogen and oxygen atoms in total. The quantitative estimate of drug-likeness (QED) is 0.480. The van der Waals surface area contributed by atoms with Crippen LogP contribution in [0.15, 0.2) is 45.3 Å². The maximum atomic E-state index is 12.8. The Morgan fingerprint density at radius 1 is 1.31 bits per heavy atom. The van der Waals surface area contributed by atoms with Crippen LogP contribution in [-0.4, -0.2) is 61.7 Å². The number of aliphatic hydroxyl groups is 1. The molecule has 3 heterocycles. The summed E-state index contributed by atoms with van der Waals surface area (Å²) in [6.07, 6.45) is 0.658. The van der Waals surface area contributed by atoms with E-state index in [1.807, 2.05) is 37.3 Å². The summed E-state index contributed by atoms with van der Waals surface area (Å²) in [5.41, 5.74) is 1.61. The van der Waals surface area contributed by atoms with Gasteiger partial charge in [0.25, 0.3) is 5.91 Å². The number of thiazole rings is 1. The molecule has 1 aromatic carbocycles. The van der Waals surface area contributed by atoms with Gasteiger partial charge in [-0.05, 0) is 12.5 Å². The third-order valence-corrected chi connectivity index (χ3v) is 8.91. The lowest BCUT2D eigenvalue weighted by Gasteiger charge is -2.49. The van der Waals surface area contributed by atoms with E-state index in [2.05, 4.69) is 10.3 Å². The first-order valence-electron chi connectivity index (χ1n) is 9.88. The van der Waals surface area contributed by atoms with Crippen LogP contribution in [0.1, 0.15) is 16.1 Å². The van der Waals surface area contributed by atoms with Crippen molar-refractivity contribution >= 4 is 52.6 Å². The van der Waals surface area contributed by atoms with Crippen molar-refractivity contribution in [3.63, 3.8) is 0 Å². The highest BCUT2D eigenvalue weighted by atomic mass is 32.2. The van der Waals surface area contributed by atoms with Gasteiger partial charge in [0.1, 0.15) is 17.1 Å². The standard InChI is InChI=1S/C21H21N3O5S3/c1-11-13(7-8-25)31-21(22-11)32-14-10-30-19-16(18(27)24(19)17(14)20(28)29)23-15(26)9-12-5-3-2-4-6-12/h2-6,16,19,25H,7-10H2,1H3,(H,23,26)(H,28,29)/t16-,19+/m1/s1. The average molecular weight is 492 g/mol. The van der Waals surface area contributed by atoms with E-state index in [0.717, 1.165) is 16.1 Å². The Morgan fingerprint density at radius 2 is 2.06 bits per heavy atom. The molecule has 0 aliphatic carbocycles. The van der Waals surface area contributed by atoms with E-state index in [1.165, 1.54) is 39.8 Å². The number of amides is 2. The molecule has 2 aromatic rings. The van der Waals surface area contributed by atoms with E-state index in [4.69, 9.17) is 5.11 Å². The third-order valence-electron chi connectivity index (χ3n) is 5.08. The molecule has 1 fully saturated rings. The molecule has 0 bridgehead atoms. The maximum absolute atomic E-state index is 12.8. The van der Waals surface area contributed by atoms with Crippen LogP contribution in [0.2, 0.25) is 0 Å². The summed E-state index contributed by atoms with van der Waals surface area (Å²) in [6, 6.07) is 8.49. The van der Waals surface area contributed by atoms with Crippen LogP contribution in [-0.2, 0) is 27.2 Å². The normalized spacial score (nSPS) is 20.1. The van der Waals surface area contributed by atoms with E-state index in [9.17, 15) is 19.5 Å². The highest BCUT2D eigenvalue weighted by Crippen LogP contribution is 2.46. The van der Waals surface area contributed by atoms with Crippen LogP contribution in [0.5, 0.6) is 0 Å². The fourth-order valence-corrected chi connectivity index (χ4v) is 7.42. The summed E-state index contributed by atoms with van der Waals surface area (Å²) in [7, 11) is 0. The molecule has 4 rings (SSSR count). The third kappa shape index (κ3) is 4.56. The molecular weight excluding hydrogens is 470 g/mol. The van der Waals surface area contributed by atoms with Gasteiger partial charge >= 0.3 is 5.97 Å². The molecule has 2 aliphatic rings. The molecule has 32 heavy (non-hydrogen) atoms. The van der Waals surface area contributed by atoms with E-state index in [1.54, 1.807) is 0 Å². The number of rotatable bonds is 8. The fourth-order valence-electron chi connectivity index (χ4n) is 3.56. The van der Waals surface area contributed by atoms with Crippen molar-refractivity contribution in [1.29, 1.82) is 0 Å². The van der Waals surface area contributed by atoms with Crippen molar-refractivity contribution in [2.45, 2.75) is 35.5 Å². The number of aliphatic carboxylic acids is 1. The molecule has 11 heteroatoms. The SMILES string of the molecule is Cc1nc(SC2=C(C(=O)O)N3C(=O)[C@@H](NC(=O)Cc4ccccc4)[C@@H]3SC2)sc1CCO. The largest absolute Gasteiger partial charge is 0.477 e. The Kier molecular flexibility index (Phi) is 6.89. The number of nitrogens with zero attached hydrogens (tertiary/aromatic N) is 2. The number of carboxylic acids is 1. The van der Waals surface area contributed by atoms with Gasteiger partial charge in [-0.25, -0.2) is 9.78 Å². The van der Waals surface area contributed by atoms with E-state index >= 15 is 0 Å². The first kappa shape index (κ1) is 22.8. The summed E-state index contributed by atoms with van der Waals surface area (Å²) in [5, 5.41) is 21.3. The molecule has 2 atom stereocenters. The number of β-lactam (4-membered cyclic amide) rings is 1. The number of aryl methyl sites for hydroxylation is 1. The number of nitrogens with one attached hydrogen (secondary N) is 1. The van der Waals surface area contributed by atoms with Gasteiger partial charge in [-0.15, -0.1) is 23.1 Å². The van der Waals surface area contributed by atoms with E-state index in [-0.39, 0.29) is 24.6 Å². The molecule has 0 radical (unpaired) electrons. The van der Waals surface area contributed by atoms with Crippen molar-refractivity contribution in [3.8, 4) is 0 Å². The molecule has 168 valence electrons. The van der Waals surface area contributed by atoms with E-state index < -0.39 is 23.3 Å². The zero-order valence-corrected chi connectivity index (χ0v) is 19.6. The molecule has 1 aromatic heterocycles. The number of aromatic nitrogens is 1. The molecular formula is C21H21N3O5S3. The lowest BCUT2D eigenvalue weighted by molar-refractivity contribution is -0.150. The predicted molar refractivity (Wildman–Crippen MR) is 123 cm³/mol. The van der Waals surface area contributed by atoms with Gasteiger partial charge in [0, 0.05) is 28.6 Å². The second-order valence-electron chi connectivity index (χ2n) is 7.26. The number of carbonyl (C=O) groups is 3. The molecule has 2 amide bonds. The summed E-state index contributed by atoms with van der Waals surface area (Å²) < 4.78 is 0.680. The van der Waals surface area contributed by atoms with Gasteiger partial charge < -0.3 is 15.5 Å². The maximum Gasteiger partial charge on any atom is 0.353 e. The lowest BCUT2D eigenvalue weighted by Crippen LogP contribution is -2.70.